The molecule has 1 aromatic heterocycles. The van der Waals surface area contributed by atoms with Crippen molar-refractivity contribution >= 4 is 41.8 Å². The van der Waals surface area contributed by atoms with Crippen molar-refractivity contribution in [3.8, 4) is 0 Å². The molecular formula is C9H15BrN4O4S2. The van der Waals surface area contributed by atoms with Crippen LogP contribution in [-0.2, 0) is 20.0 Å². The first-order valence-corrected chi connectivity index (χ1v) is 9.54. The van der Waals surface area contributed by atoms with Gasteiger partial charge in [-0.05, 0) is 28.9 Å². The van der Waals surface area contributed by atoms with Gasteiger partial charge in [0.05, 0.1) is 5.75 Å². The smallest absolute Gasteiger partial charge is 0.244 e. The predicted molar refractivity (Wildman–Crippen MR) is 79.3 cm³/mol. The number of rotatable bonds is 7. The second-order valence-corrected chi connectivity index (χ2v) is 8.18. The van der Waals surface area contributed by atoms with E-state index in [4.69, 9.17) is 5.14 Å². The molecule has 1 rings (SSSR count). The van der Waals surface area contributed by atoms with Gasteiger partial charge in [-0.1, -0.05) is 0 Å². The molecule has 0 aliphatic rings. The normalized spacial score (nSPS) is 12.3. The first-order chi connectivity index (χ1) is 9.15. The molecule has 0 aliphatic heterocycles. The summed E-state index contributed by atoms with van der Waals surface area (Å²) >= 11 is 3.14. The maximum Gasteiger partial charge on any atom is 0.244 e. The number of nitrogens with zero attached hydrogens (tertiary/aromatic N) is 1. The van der Waals surface area contributed by atoms with Crippen LogP contribution in [0.3, 0.4) is 0 Å². The van der Waals surface area contributed by atoms with E-state index in [0.717, 1.165) is 0 Å². The van der Waals surface area contributed by atoms with Crippen LogP contribution < -0.4 is 15.2 Å². The van der Waals surface area contributed by atoms with Crippen LogP contribution in [0.2, 0.25) is 0 Å². The minimum Gasteiger partial charge on any atom is -0.369 e. The molecule has 8 nitrogen and oxygen atoms in total. The molecule has 0 spiro atoms. The molecule has 0 amide bonds. The number of primary sulfonamides is 1. The van der Waals surface area contributed by atoms with Crippen molar-refractivity contribution in [2.24, 2.45) is 5.14 Å². The largest absolute Gasteiger partial charge is 0.369 e. The second kappa shape index (κ2) is 6.80. The Morgan fingerprint density at radius 2 is 2.00 bits per heavy atom. The van der Waals surface area contributed by atoms with Crippen LogP contribution in [0.4, 0.5) is 5.82 Å². The van der Waals surface area contributed by atoms with Crippen molar-refractivity contribution in [3.05, 3.63) is 16.7 Å². The lowest BCUT2D eigenvalue weighted by molar-refractivity contribution is 0.581. The third-order valence-corrected chi connectivity index (χ3v) is 4.81. The summed E-state index contributed by atoms with van der Waals surface area (Å²) in [7, 11) is -7.61. The molecule has 114 valence electrons. The van der Waals surface area contributed by atoms with Crippen molar-refractivity contribution in [1.82, 2.24) is 9.71 Å². The Labute approximate surface area is 126 Å². The van der Waals surface area contributed by atoms with E-state index < -0.39 is 25.8 Å². The zero-order valence-electron chi connectivity index (χ0n) is 10.6. The van der Waals surface area contributed by atoms with Crippen molar-refractivity contribution in [1.29, 1.82) is 0 Å². The van der Waals surface area contributed by atoms with Gasteiger partial charge in [-0.2, -0.15) is 0 Å². The Bertz CT molecular complexity index is 675. The van der Waals surface area contributed by atoms with Gasteiger partial charge in [0, 0.05) is 23.8 Å². The predicted octanol–water partition coefficient (Wildman–Crippen LogP) is -0.157. The van der Waals surface area contributed by atoms with Crippen LogP contribution in [0.1, 0.15) is 6.92 Å². The number of sulfonamides is 2. The van der Waals surface area contributed by atoms with Gasteiger partial charge in [-0.15, -0.1) is 0 Å². The summed E-state index contributed by atoms with van der Waals surface area (Å²) in [6, 6.07) is 1.38. The van der Waals surface area contributed by atoms with E-state index >= 15 is 0 Å². The number of hydrogen-bond donors (Lipinski definition) is 3. The highest BCUT2D eigenvalue weighted by Gasteiger charge is 2.20. The molecule has 0 bridgehead atoms. The van der Waals surface area contributed by atoms with Gasteiger partial charge in [0.15, 0.2) is 0 Å². The average Bonchev–Trinajstić information content (AvgIpc) is 2.29. The minimum atomic E-state index is -3.88. The molecule has 0 radical (unpaired) electrons. The van der Waals surface area contributed by atoms with Crippen molar-refractivity contribution in [2.75, 3.05) is 24.2 Å². The minimum absolute atomic E-state index is 0.0665. The van der Waals surface area contributed by atoms with E-state index in [0.29, 0.717) is 11.0 Å². The van der Waals surface area contributed by atoms with Gasteiger partial charge < -0.3 is 5.32 Å². The van der Waals surface area contributed by atoms with Crippen molar-refractivity contribution in [2.45, 2.75) is 11.8 Å². The van der Waals surface area contributed by atoms with E-state index in [1.54, 1.807) is 6.92 Å². The summed E-state index contributed by atoms with van der Waals surface area (Å²) in [5.41, 5.74) is 0. The monoisotopic (exact) mass is 386 g/mol. The summed E-state index contributed by atoms with van der Waals surface area (Å²) < 4.78 is 48.5. The van der Waals surface area contributed by atoms with E-state index in [1.165, 1.54) is 12.3 Å². The lowest BCUT2D eigenvalue weighted by Crippen LogP contribution is -2.32. The Hall–Kier alpha value is -0.750. The molecular weight excluding hydrogens is 372 g/mol. The van der Waals surface area contributed by atoms with Crippen LogP contribution >= 0.6 is 15.9 Å². The maximum absolute atomic E-state index is 12.1. The lowest BCUT2D eigenvalue weighted by Gasteiger charge is -2.11. The molecule has 0 saturated heterocycles. The summed E-state index contributed by atoms with van der Waals surface area (Å²) in [6.07, 6.45) is 1.46. The first-order valence-electron chi connectivity index (χ1n) is 5.55. The van der Waals surface area contributed by atoms with E-state index in [-0.39, 0.29) is 17.3 Å². The number of aromatic nitrogens is 1. The van der Waals surface area contributed by atoms with Gasteiger partial charge in [-0.3, -0.25) is 0 Å². The third-order valence-electron chi connectivity index (χ3n) is 2.13. The number of pyridine rings is 1. The molecule has 11 heteroatoms. The van der Waals surface area contributed by atoms with Crippen LogP contribution in [0.25, 0.3) is 0 Å². The maximum atomic E-state index is 12.1. The highest BCUT2D eigenvalue weighted by Crippen LogP contribution is 2.22. The molecule has 1 heterocycles. The molecule has 0 saturated carbocycles. The number of nitrogens with one attached hydrogen (secondary N) is 2. The van der Waals surface area contributed by atoms with Gasteiger partial charge in [-0.25, -0.2) is 31.7 Å². The Kier molecular flexibility index (Phi) is 5.89. The van der Waals surface area contributed by atoms with E-state index in [9.17, 15) is 16.8 Å². The highest BCUT2D eigenvalue weighted by molar-refractivity contribution is 9.10. The molecule has 4 N–H and O–H groups in total. The van der Waals surface area contributed by atoms with E-state index in [1.807, 2.05) is 0 Å². The van der Waals surface area contributed by atoms with E-state index in [2.05, 4.69) is 31.0 Å². The fourth-order valence-corrected chi connectivity index (χ4v) is 3.51. The van der Waals surface area contributed by atoms with Crippen LogP contribution in [0, 0.1) is 0 Å². The number of hydrogen-bond acceptors (Lipinski definition) is 6. The fourth-order valence-electron chi connectivity index (χ4n) is 1.32. The number of anilines is 1. The molecule has 0 atom stereocenters. The summed E-state index contributed by atoms with van der Waals surface area (Å²) in [5.74, 6) is -0.289. The third kappa shape index (κ3) is 5.32. The number of halogens is 1. The zero-order valence-corrected chi connectivity index (χ0v) is 13.8. The fraction of sp³-hybridized carbons (Fsp3) is 0.444. The summed E-state index contributed by atoms with van der Waals surface area (Å²) in [6.45, 7) is 1.99. The highest BCUT2D eigenvalue weighted by atomic mass is 79.9. The van der Waals surface area contributed by atoms with Gasteiger partial charge >= 0.3 is 0 Å². The van der Waals surface area contributed by atoms with Crippen molar-refractivity contribution < 1.29 is 16.8 Å². The summed E-state index contributed by atoms with van der Waals surface area (Å²) in [5, 5.41) is 7.63. The lowest BCUT2D eigenvalue weighted by atomic mass is 10.4. The second-order valence-electron chi connectivity index (χ2n) is 3.80. The molecule has 0 aliphatic carbocycles. The quantitative estimate of drug-likeness (QED) is 0.596. The number of nitrogens with two attached hydrogens (primary N) is 1. The molecule has 0 unspecified atom stereocenters. The van der Waals surface area contributed by atoms with Gasteiger partial charge in [0.25, 0.3) is 0 Å². The van der Waals surface area contributed by atoms with Gasteiger partial charge in [0.1, 0.15) is 10.7 Å². The Morgan fingerprint density at radius 1 is 1.35 bits per heavy atom. The molecule has 0 fully saturated rings. The zero-order chi connectivity index (χ0) is 15.4. The van der Waals surface area contributed by atoms with Gasteiger partial charge in [0.2, 0.25) is 20.0 Å². The van der Waals surface area contributed by atoms with Crippen LogP contribution in [0.5, 0.6) is 0 Å². The molecule has 20 heavy (non-hydrogen) atoms. The summed E-state index contributed by atoms with van der Waals surface area (Å²) in [4.78, 5) is 3.90. The Balaban J connectivity index is 2.99. The first kappa shape index (κ1) is 17.3. The molecule has 1 aromatic rings. The molecule has 0 aromatic carbocycles. The van der Waals surface area contributed by atoms with Crippen LogP contribution in [-0.4, -0.2) is 40.7 Å². The average molecular weight is 387 g/mol. The Morgan fingerprint density at radius 3 is 2.55 bits per heavy atom. The standard InChI is InChI=1S/C9H15BrN4O4S2/c1-2-12-9-8(5-7(10)6-13-9)20(17,18)14-3-4-19(11,15)16/h5-6,14H,2-4H2,1H3,(H,12,13)(H2,11,15,16). The SMILES string of the molecule is CCNc1ncc(Br)cc1S(=O)(=O)NCCS(N)(=O)=O. The van der Waals surface area contributed by atoms with Crippen LogP contribution in [0.15, 0.2) is 21.6 Å². The van der Waals surface area contributed by atoms with Crippen molar-refractivity contribution in [3.63, 3.8) is 0 Å². The topological polar surface area (TPSA) is 131 Å².